The van der Waals surface area contributed by atoms with Gasteiger partial charge in [0.2, 0.25) is 0 Å². The van der Waals surface area contributed by atoms with Crippen LogP contribution in [0, 0.1) is 12.8 Å². The highest BCUT2D eigenvalue weighted by Crippen LogP contribution is 2.31. The van der Waals surface area contributed by atoms with E-state index in [0.717, 1.165) is 36.7 Å². The van der Waals surface area contributed by atoms with Crippen LogP contribution in [0.3, 0.4) is 0 Å². The summed E-state index contributed by atoms with van der Waals surface area (Å²) in [4.78, 5) is 0. The number of rotatable bonds is 3. The fraction of sp³-hybridized carbons (Fsp3) is 0.571. The molecule has 2 rings (SSSR count). The monoisotopic (exact) mass is 235 g/mol. The number of piperidine rings is 1. The first-order chi connectivity index (χ1) is 8.20. The summed E-state index contributed by atoms with van der Waals surface area (Å²) in [7, 11) is 1.67. The molecule has 0 aliphatic carbocycles. The van der Waals surface area contributed by atoms with Crippen molar-refractivity contribution < 1.29 is 9.84 Å². The second kappa shape index (κ2) is 5.41. The lowest BCUT2D eigenvalue weighted by atomic mass is 9.89. The maximum atomic E-state index is 9.57. The van der Waals surface area contributed by atoms with Gasteiger partial charge in [-0.25, -0.2) is 0 Å². The minimum Gasteiger partial charge on any atom is -0.508 e. The van der Waals surface area contributed by atoms with E-state index in [9.17, 15) is 5.11 Å². The molecule has 1 aromatic rings. The first kappa shape index (κ1) is 12.2. The number of hydrogen-bond acceptors (Lipinski definition) is 3. The fourth-order valence-corrected chi connectivity index (χ4v) is 2.58. The zero-order valence-electron chi connectivity index (χ0n) is 10.6. The number of ether oxygens (including phenoxy) is 1. The van der Waals surface area contributed by atoms with Gasteiger partial charge in [0.05, 0.1) is 7.11 Å². The highest BCUT2D eigenvalue weighted by molar-refractivity contribution is 5.45. The zero-order valence-corrected chi connectivity index (χ0v) is 10.6. The molecule has 1 heterocycles. The van der Waals surface area contributed by atoms with E-state index in [4.69, 9.17) is 4.74 Å². The fourth-order valence-electron chi connectivity index (χ4n) is 2.58. The summed E-state index contributed by atoms with van der Waals surface area (Å²) in [6, 6.07) is 3.53. The predicted octanol–water partition coefficient (Wildman–Crippen LogP) is 2.25. The molecule has 94 valence electrons. The Bertz CT molecular complexity index is 384. The summed E-state index contributed by atoms with van der Waals surface area (Å²) in [5.74, 6) is 1.84. The summed E-state index contributed by atoms with van der Waals surface area (Å²) >= 11 is 0. The van der Waals surface area contributed by atoms with Crippen LogP contribution < -0.4 is 10.1 Å². The largest absolute Gasteiger partial charge is 0.508 e. The van der Waals surface area contributed by atoms with E-state index >= 15 is 0 Å². The molecule has 0 spiro atoms. The Labute approximate surface area is 103 Å². The van der Waals surface area contributed by atoms with Gasteiger partial charge in [0.25, 0.3) is 0 Å². The van der Waals surface area contributed by atoms with Crippen molar-refractivity contribution in [2.24, 2.45) is 5.92 Å². The van der Waals surface area contributed by atoms with E-state index in [0.29, 0.717) is 0 Å². The summed E-state index contributed by atoms with van der Waals surface area (Å²) in [5.41, 5.74) is 2.37. The molecule has 2 N–H and O–H groups in total. The Morgan fingerprint density at radius 2 is 2.06 bits per heavy atom. The number of phenols is 1. The molecule has 0 unspecified atom stereocenters. The molecule has 0 saturated carbocycles. The maximum Gasteiger partial charge on any atom is 0.126 e. The summed E-state index contributed by atoms with van der Waals surface area (Å²) in [5, 5.41) is 12.9. The SMILES string of the molecule is COc1cc(O)cc(C)c1CC1CCNCC1. The van der Waals surface area contributed by atoms with Crippen molar-refractivity contribution in [3.63, 3.8) is 0 Å². The highest BCUT2D eigenvalue weighted by Gasteiger charge is 2.17. The molecule has 1 aliphatic rings. The van der Waals surface area contributed by atoms with Crippen molar-refractivity contribution in [2.75, 3.05) is 20.2 Å². The minimum atomic E-state index is 0.286. The van der Waals surface area contributed by atoms with Crippen LogP contribution in [0.25, 0.3) is 0 Å². The van der Waals surface area contributed by atoms with E-state index < -0.39 is 0 Å². The topological polar surface area (TPSA) is 41.5 Å². The number of hydrogen-bond donors (Lipinski definition) is 2. The lowest BCUT2D eigenvalue weighted by Gasteiger charge is -2.24. The van der Waals surface area contributed by atoms with Crippen molar-refractivity contribution >= 4 is 0 Å². The molecule has 3 heteroatoms. The third-order valence-corrected chi connectivity index (χ3v) is 3.59. The number of aryl methyl sites for hydroxylation is 1. The number of aromatic hydroxyl groups is 1. The Hall–Kier alpha value is -1.22. The minimum absolute atomic E-state index is 0.286. The standard InChI is InChI=1S/C14H21NO2/c1-10-7-12(16)9-14(17-2)13(10)8-11-3-5-15-6-4-11/h7,9,11,15-16H,3-6,8H2,1-2H3. The predicted molar refractivity (Wildman–Crippen MR) is 68.7 cm³/mol. The third-order valence-electron chi connectivity index (χ3n) is 3.59. The van der Waals surface area contributed by atoms with Crippen molar-refractivity contribution in [1.29, 1.82) is 0 Å². The van der Waals surface area contributed by atoms with Crippen molar-refractivity contribution in [3.05, 3.63) is 23.3 Å². The molecule has 3 nitrogen and oxygen atoms in total. The van der Waals surface area contributed by atoms with E-state index in [2.05, 4.69) is 5.32 Å². The van der Waals surface area contributed by atoms with Gasteiger partial charge in [0.1, 0.15) is 11.5 Å². The van der Waals surface area contributed by atoms with Gasteiger partial charge in [-0.1, -0.05) is 0 Å². The Balaban J connectivity index is 2.18. The Morgan fingerprint density at radius 3 is 2.71 bits per heavy atom. The summed E-state index contributed by atoms with van der Waals surface area (Å²) in [6.45, 7) is 4.27. The van der Waals surface area contributed by atoms with Gasteiger partial charge in [-0.3, -0.25) is 0 Å². The van der Waals surface area contributed by atoms with Gasteiger partial charge in [0, 0.05) is 6.07 Å². The van der Waals surface area contributed by atoms with Crippen LogP contribution >= 0.6 is 0 Å². The second-order valence-electron chi connectivity index (χ2n) is 4.84. The van der Waals surface area contributed by atoms with Crippen LogP contribution in [-0.4, -0.2) is 25.3 Å². The second-order valence-corrected chi connectivity index (χ2v) is 4.84. The molecule has 1 aromatic carbocycles. The number of methoxy groups -OCH3 is 1. The molecule has 17 heavy (non-hydrogen) atoms. The van der Waals surface area contributed by atoms with E-state index in [1.54, 1.807) is 13.2 Å². The Morgan fingerprint density at radius 1 is 1.35 bits per heavy atom. The van der Waals surface area contributed by atoms with Gasteiger partial charge < -0.3 is 15.2 Å². The first-order valence-corrected chi connectivity index (χ1v) is 6.28. The van der Waals surface area contributed by atoms with Crippen LogP contribution in [0.1, 0.15) is 24.0 Å². The quantitative estimate of drug-likeness (QED) is 0.844. The number of phenolic OH excluding ortho intramolecular Hbond substituents is 1. The van der Waals surface area contributed by atoms with Crippen molar-refractivity contribution in [2.45, 2.75) is 26.2 Å². The molecular formula is C14H21NO2. The lowest BCUT2D eigenvalue weighted by Crippen LogP contribution is -2.28. The molecule has 1 saturated heterocycles. The van der Waals surface area contributed by atoms with E-state index in [1.165, 1.54) is 18.4 Å². The first-order valence-electron chi connectivity index (χ1n) is 6.28. The zero-order chi connectivity index (χ0) is 12.3. The molecular weight excluding hydrogens is 214 g/mol. The van der Waals surface area contributed by atoms with Crippen LogP contribution in [0.15, 0.2) is 12.1 Å². The number of benzene rings is 1. The third kappa shape index (κ3) is 2.91. The van der Waals surface area contributed by atoms with E-state index in [1.807, 2.05) is 13.0 Å². The van der Waals surface area contributed by atoms with Gasteiger partial charge in [-0.05, 0) is 62.4 Å². The average Bonchev–Trinajstić information content (AvgIpc) is 2.33. The Kier molecular flexibility index (Phi) is 3.89. The van der Waals surface area contributed by atoms with Gasteiger partial charge >= 0.3 is 0 Å². The maximum absolute atomic E-state index is 9.57. The average molecular weight is 235 g/mol. The van der Waals surface area contributed by atoms with Gasteiger partial charge in [0.15, 0.2) is 0 Å². The molecule has 1 fully saturated rings. The number of nitrogens with one attached hydrogen (secondary N) is 1. The van der Waals surface area contributed by atoms with Crippen molar-refractivity contribution in [3.8, 4) is 11.5 Å². The smallest absolute Gasteiger partial charge is 0.126 e. The molecule has 0 radical (unpaired) electrons. The molecule has 0 atom stereocenters. The van der Waals surface area contributed by atoms with Crippen LogP contribution in [0.4, 0.5) is 0 Å². The normalized spacial score (nSPS) is 17.1. The van der Waals surface area contributed by atoms with Crippen LogP contribution in [-0.2, 0) is 6.42 Å². The van der Waals surface area contributed by atoms with E-state index in [-0.39, 0.29) is 5.75 Å². The van der Waals surface area contributed by atoms with Gasteiger partial charge in [-0.15, -0.1) is 0 Å². The van der Waals surface area contributed by atoms with Crippen molar-refractivity contribution in [1.82, 2.24) is 5.32 Å². The molecule has 1 aliphatic heterocycles. The van der Waals surface area contributed by atoms with Gasteiger partial charge in [-0.2, -0.15) is 0 Å². The summed E-state index contributed by atoms with van der Waals surface area (Å²) in [6.07, 6.45) is 3.50. The summed E-state index contributed by atoms with van der Waals surface area (Å²) < 4.78 is 5.37. The van der Waals surface area contributed by atoms with Crippen LogP contribution in [0.2, 0.25) is 0 Å². The highest BCUT2D eigenvalue weighted by atomic mass is 16.5. The van der Waals surface area contributed by atoms with Crippen LogP contribution in [0.5, 0.6) is 11.5 Å². The molecule has 0 amide bonds. The lowest BCUT2D eigenvalue weighted by molar-refractivity contribution is 0.359. The molecule has 0 bridgehead atoms. The molecule has 0 aromatic heterocycles.